The summed E-state index contributed by atoms with van der Waals surface area (Å²) in [7, 11) is 3.05. The fraction of sp³-hybridized carbons (Fsp3) is 0.391. The fourth-order valence-corrected chi connectivity index (χ4v) is 3.31. The van der Waals surface area contributed by atoms with Crippen molar-refractivity contribution in [1.82, 2.24) is 0 Å². The van der Waals surface area contributed by atoms with Gasteiger partial charge in [0.2, 0.25) is 0 Å². The molecule has 0 bridgehead atoms. The maximum absolute atomic E-state index is 12.8. The predicted molar refractivity (Wildman–Crippen MR) is 118 cm³/mol. The van der Waals surface area contributed by atoms with Crippen molar-refractivity contribution in [3.05, 3.63) is 47.5 Å². The molecule has 0 saturated carbocycles. The van der Waals surface area contributed by atoms with Gasteiger partial charge < -0.3 is 29.2 Å². The van der Waals surface area contributed by atoms with Crippen LogP contribution in [0.3, 0.4) is 0 Å². The molecule has 166 valence electrons. The molecule has 1 saturated heterocycles. The molecule has 1 amide bonds. The van der Waals surface area contributed by atoms with Crippen LogP contribution in [0.25, 0.3) is 0 Å². The van der Waals surface area contributed by atoms with Gasteiger partial charge in [0.1, 0.15) is 0 Å². The number of benzene rings is 2. The van der Waals surface area contributed by atoms with Crippen molar-refractivity contribution in [2.75, 3.05) is 57.3 Å². The zero-order valence-corrected chi connectivity index (χ0v) is 18.1. The van der Waals surface area contributed by atoms with Crippen molar-refractivity contribution in [2.24, 2.45) is 0 Å². The molecule has 1 fully saturated rings. The lowest BCUT2D eigenvalue weighted by Gasteiger charge is -2.30. The molecule has 8 nitrogen and oxygen atoms in total. The lowest BCUT2D eigenvalue weighted by atomic mass is 10.1. The highest BCUT2D eigenvalue weighted by Gasteiger charge is 2.21. The minimum absolute atomic E-state index is 0.326. The van der Waals surface area contributed by atoms with Crippen LogP contribution >= 0.6 is 0 Å². The van der Waals surface area contributed by atoms with E-state index >= 15 is 0 Å². The third kappa shape index (κ3) is 5.46. The molecule has 0 unspecified atom stereocenters. The highest BCUT2D eigenvalue weighted by Crippen LogP contribution is 2.29. The average molecular weight is 428 g/mol. The quantitative estimate of drug-likeness (QED) is 0.645. The number of methoxy groups -OCH3 is 2. The van der Waals surface area contributed by atoms with Crippen molar-refractivity contribution in [3.63, 3.8) is 0 Å². The van der Waals surface area contributed by atoms with Gasteiger partial charge in [0.05, 0.1) is 45.3 Å². The molecule has 31 heavy (non-hydrogen) atoms. The number of hydrogen-bond donors (Lipinski definition) is 1. The Kier molecular flexibility index (Phi) is 7.72. The molecule has 8 heteroatoms. The van der Waals surface area contributed by atoms with Gasteiger partial charge in [-0.25, -0.2) is 4.79 Å². The summed E-state index contributed by atoms with van der Waals surface area (Å²) < 4.78 is 21.3. The number of ether oxygens (including phenoxy) is 4. The van der Waals surface area contributed by atoms with E-state index in [0.29, 0.717) is 61.2 Å². The second-order valence-corrected chi connectivity index (χ2v) is 6.99. The van der Waals surface area contributed by atoms with E-state index in [2.05, 4.69) is 10.2 Å². The van der Waals surface area contributed by atoms with Gasteiger partial charge in [-0.3, -0.25) is 4.79 Å². The summed E-state index contributed by atoms with van der Waals surface area (Å²) >= 11 is 0. The molecule has 1 N–H and O–H groups in total. The van der Waals surface area contributed by atoms with Gasteiger partial charge in [-0.2, -0.15) is 0 Å². The molecule has 2 aromatic carbocycles. The van der Waals surface area contributed by atoms with Gasteiger partial charge in [-0.05, 0) is 42.8 Å². The summed E-state index contributed by atoms with van der Waals surface area (Å²) in [5, 5.41) is 2.84. The summed E-state index contributed by atoms with van der Waals surface area (Å²) in [5.41, 5.74) is 2.10. The molecule has 0 aromatic heterocycles. The molecule has 1 aliphatic rings. The summed E-state index contributed by atoms with van der Waals surface area (Å²) in [6, 6.07) is 10.2. The highest BCUT2D eigenvalue weighted by molar-refractivity contribution is 6.06. The lowest BCUT2D eigenvalue weighted by Crippen LogP contribution is -2.37. The summed E-state index contributed by atoms with van der Waals surface area (Å²) in [5.74, 6) is 0.259. The third-order valence-electron chi connectivity index (χ3n) is 4.91. The molecule has 2 aromatic rings. The van der Waals surface area contributed by atoms with Crippen LogP contribution in [-0.4, -0.2) is 59.0 Å². The topological polar surface area (TPSA) is 86.3 Å². The lowest BCUT2D eigenvalue weighted by molar-refractivity contribution is 0.0504. The summed E-state index contributed by atoms with van der Waals surface area (Å²) in [6.07, 6.45) is 0.731. The first-order valence-electron chi connectivity index (χ1n) is 10.2. The van der Waals surface area contributed by atoms with Crippen molar-refractivity contribution in [2.45, 2.75) is 13.3 Å². The Balaban J connectivity index is 1.85. The standard InChI is InChI=1S/C23H28N2O6/c1-4-11-31-23(27)18-15-17(6-7-19(18)25-9-12-30-13-10-25)24-22(26)16-5-8-20(28-2)21(14-16)29-3/h5-8,14-15H,4,9-13H2,1-3H3,(H,24,26). The first-order valence-corrected chi connectivity index (χ1v) is 10.2. The number of amides is 1. The Morgan fingerprint density at radius 3 is 2.45 bits per heavy atom. The second-order valence-electron chi connectivity index (χ2n) is 6.99. The zero-order valence-electron chi connectivity index (χ0n) is 18.1. The van der Waals surface area contributed by atoms with Gasteiger partial charge in [0.15, 0.2) is 11.5 Å². The number of hydrogen-bond acceptors (Lipinski definition) is 7. The van der Waals surface area contributed by atoms with E-state index in [1.54, 1.807) is 30.3 Å². The van der Waals surface area contributed by atoms with Gasteiger partial charge in [0, 0.05) is 24.3 Å². The molecule has 3 rings (SSSR count). The summed E-state index contributed by atoms with van der Waals surface area (Å²) in [6.45, 7) is 4.85. The molecule has 0 spiro atoms. The van der Waals surface area contributed by atoms with E-state index in [0.717, 1.165) is 12.1 Å². The Morgan fingerprint density at radius 1 is 1.03 bits per heavy atom. The molecule has 1 aliphatic heterocycles. The van der Waals surface area contributed by atoms with Crippen LogP contribution in [0.15, 0.2) is 36.4 Å². The SMILES string of the molecule is CCCOC(=O)c1cc(NC(=O)c2ccc(OC)c(OC)c2)ccc1N1CCOCC1. The van der Waals surface area contributed by atoms with Crippen LogP contribution in [0, 0.1) is 0 Å². The maximum atomic E-state index is 12.8. The van der Waals surface area contributed by atoms with Crippen LogP contribution < -0.4 is 19.7 Å². The van der Waals surface area contributed by atoms with E-state index in [-0.39, 0.29) is 5.91 Å². The second kappa shape index (κ2) is 10.7. The van der Waals surface area contributed by atoms with Crippen molar-refractivity contribution in [3.8, 4) is 11.5 Å². The molecular weight excluding hydrogens is 400 g/mol. The number of carbonyl (C=O) groups excluding carboxylic acids is 2. The Labute approximate surface area is 182 Å². The number of esters is 1. The Morgan fingerprint density at radius 2 is 1.77 bits per heavy atom. The molecular formula is C23H28N2O6. The normalized spacial score (nSPS) is 13.5. The smallest absolute Gasteiger partial charge is 0.340 e. The number of rotatable bonds is 8. The van der Waals surface area contributed by atoms with Gasteiger partial charge >= 0.3 is 5.97 Å². The van der Waals surface area contributed by atoms with Crippen molar-refractivity contribution in [1.29, 1.82) is 0 Å². The van der Waals surface area contributed by atoms with Crippen LogP contribution in [0.5, 0.6) is 11.5 Å². The van der Waals surface area contributed by atoms with Gasteiger partial charge in [-0.1, -0.05) is 6.92 Å². The monoisotopic (exact) mass is 428 g/mol. The van der Waals surface area contributed by atoms with E-state index in [9.17, 15) is 9.59 Å². The van der Waals surface area contributed by atoms with Crippen LogP contribution in [0.4, 0.5) is 11.4 Å². The minimum atomic E-state index is -0.412. The van der Waals surface area contributed by atoms with Crippen molar-refractivity contribution >= 4 is 23.3 Å². The van der Waals surface area contributed by atoms with E-state index < -0.39 is 5.97 Å². The highest BCUT2D eigenvalue weighted by atomic mass is 16.5. The molecule has 0 radical (unpaired) electrons. The molecule has 1 heterocycles. The number of morpholine rings is 1. The van der Waals surface area contributed by atoms with E-state index in [4.69, 9.17) is 18.9 Å². The molecule has 0 aliphatic carbocycles. The minimum Gasteiger partial charge on any atom is -0.493 e. The Bertz CT molecular complexity index is 924. The summed E-state index contributed by atoms with van der Waals surface area (Å²) in [4.78, 5) is 27.6. The maximum Gasteiger partial charge on any atom is 0.340 e. The third-order valence-corrected chi connectivity index (χ3v) is 4.91. The zero-order chi connectivity index (χ0) is 22.2. The van der Waals surface area contributed by atoms with Gasteiger partial charge in [0.25, 0.3) is 5.91 Å². The van der Waals surface area contributed by atoms with Crippen LogP contribution in [0.1, 0.15) is 34.1 Å². The first-order chi connectivity index (χ1) is 15.1. The number of anilines is 2. The molecule has 0 atom stereocenters. The Hall–Kier alpha value is -3.26. The van der Waals surface area contributed by atoms with Crippen LogP contribution in [0.2, 0.25) is 0 Å². The largest absolute Gasteiger partial charge is 0.493 e. The van der Waals surface area contributed by atoms with Crippen molar-refractivity contribution < 1.29 is 28.5 Å². The number of carbonyl (C=O) groups is 2. The van der Waals surface area contributed by atoms with Gasteiger partial charge in [-0.15, -0.1) is 0 Å². The fourth-order valence-electron chi connectivity index (χ4n) is 3.31. The van der Waals surface area contributed by atoms with Crippen LogP contribution in [-0.2, 0) is 9.47 Å². The van der Waals surface area contributed by atoms with E-state index in [1.807, 2.05) is 13.0 Å². The average Bonchev–Trinajstić information content (AvgIpc) is 2.82. The van der Waals surface area contributed by atoms with E-state index in [1.165, 1.54) is 14.2 Å². The number of nitrogens with one attached hydrogen (secondary N) is 1. The first kappa shape index (κ1) is 22.4. The predicted octanol–water partition coefficient (Wildman–Crippen LogP) is 3.36. The number of nitrogens with zero attached hydrogens (tertiary/aromatic N) is 1.